The molecule has 1 aromatic carbocycles. The van der Waals surface area contributed by atoms with Crippen LogP contribution in [0.3, 0.4) is 0 Å². The van der Waals surface area contributed by atoms with Crippen molar-refractivity contribution in [1.82, 2.24) is 5.32 Å². The van der Waals surface area contributed by atoms with Crippen molar-refractivity contribution in [2.24, 2.45) is 11.8 Å². The van der Waals surface area contributed by atoms with Crippen molar-refractivity contribution < 1.29 is 0 Å². The Labute approximate surface area is 119 Å². The van der Waals surface area contributed by atoms with E-state index in [9.17, 15) is 0 Å². The summed E-state index contributed by atoms with van der Waals surface area (Å²) in [5.41, 5.74) is 1.36. The zero-order valence-corrected chi connectivity index (χ0v) is 13.0. The number of halogens is 1. The molecule has 2 rings (SSSR count). The molecule has 0 aliphatic heterocycles. The Hall–Kier alpha value is -0.340. The van der Waals surface area contributed by atoms with E-state index in [1.165, 1.54) is 35.7 Å². The molecule has 0 saturated heterocycles. The van der Waals surface area contributed by atoms with Crippen molar-refractivity contribution in [1.29, 1.82) is 0 Å². The minimum Gasteiger partial charge on any atom is -0.310 e. The highest BCUT2D eigenvalue weighted by molar-refractivity contribution is 9.10. The van der Waals surface area contributed by atoms with E-state index in [0.717, 1.165) is 18.4 Å². The van der Waals surface area contributed by atoms with E-state index < -0.39 is 0 Å². The first kappa shape index (κ1) is 14.1. The van der Waals surface area contributed by atoms with Crippen molar-refractivity contribution in [2.45, 2.75) is 45.6 Å². The highest BCUT2D eigenvalue weighted by atomic mass is 79.9. The first-order chi connectivity index (χ1) is 8.68. The van der Waals surface area contributed by atoms with Crippen LogP contribution in [0.15, 0.2) is 28.7 Å². The Morgan fingerprint density at radius 2 is 2.00 bits per heavy atom. The molecule has 1 saturated carbocycles. The molecule has 0 heterocycles. The van der Waals surface area contributed by atoms with Gasteiger partial charge in [-0.3, -0.25) is 0 Å². The summed E-state index contributed by atoms with van der Waals surface area (Å²) in [5, 5.41) is 3.71. The summed E-state index contributed by atoms with van der Waals surface area (Å²) in [6, 6.07) is 8.93. The summed E-state index contributed by atoms with van der Waals surface area (Å²) in [6.07, 6.45) is 5.66. The second-order valence-electron chi connectivity index (χ2n) is 5.67. The fourth-order valence-electron chi connectivity index (χ4n) is 2.96. The van der Waals surface area contributed by atoms with E-state index in [1.807, 2.05) is 0 Å². The van der Waals surface area contributed by atoms with Crippen LogP contribution in [0.2, 0.25) is 0 Å². The van der Waals surface area contributed by atoms with Crippen LogP contribution >= 0.6 is 15.9 Å². The van der Waals surface area contributed by atoms with Gasteiger partial charge in [-0.05, 0) is 43.4 Å². The SMILES string of the molecule is CC(NCC1CCCCC1C)c1ccccc1Br. The molecule has 3 unspecified atom stereocenters. The standard InChI is InChI=1S/C16H24BrN/c1-12-7-3-4-8-14(12)11-18-13(2)15-9-5-6-10-16(15)17/h5-6,9-10,12-14,18H,3-4,7-8,11H2,1-2H3. The molecule has 1 fully saturated rings. The van der Waals surface area contributed by atoms with Crippen LogP contribution in [0.5, 0.6) is 0 Å². The maximum atomic E-state index is 3.71. The third-order valence-corrected chi connectivity index (χ3v) is 5.07. The number of benzene rings is 1. The van der Waals surface area contributed by atoms with Crippen LogP contribution in [0.25, 0.3) is 0 Å². The zero-order valence-electron chi connectivity index (χ0n) is 11.5. The van der Waals surface area contributed by atoms with E-state index in [1.54, 1.807) is 0 Å². The number of rotatable bonds is 4. The molecule has 0 spiro atoms. The van der Waals surface area contributed by atoms with Crippen molar-refractivity contribution in [3.05, 3.63) is 34.3 Å². The van der Waals surface area contributed by atoms with Gasteiger partial charge < -0.3 is 5.32 Å². The van der Waals surface area contributed by atoms with Crippen molar-refractivity contribution in [3.63, 3.8) is 0 Å². The molecule has 1 N–H and O–H groups in total. The quantitative estimate of drug-likeness (QED) is 0.832. The van der Waals surface area contributed by atoms with Gasteiger partial charge in [-0.25, -0.2) is 0 Å². The minimum absolute atomic E-state index is 0.426. The van der Waals surface area contributed by atoms with E-state index in [4.69, 9.17) is 0 Å². The van der Waals surface area contributed by atoms with Crippen LogP contribution < -0.4 is 5.32 Å². The second kappa shape index (κ2) is 6.72. The predicted molar refractivity (Wildman–Crippen MR) is 81.7 cm³/mol. The highest BCUT2D eigenvalue weighted by Crippen LogP contribution is 2.30. The molecule has 100 valence electrons. The van der Waals surface area contributed by atoms with E-state index in [-0.39, 0.29) is 0 Å². The molecule has 3 atom stereocenters. The Morgan fingerprint density at radius 3 is 2.72 bits per heavy atom. The third-order valence-electron chi connectivity index (χ3n) is 4.35. The molecule has 0 bridgehead atoms. The molecule has 0 amide bonds. The fraction of sp³-hybridized carbons (Fsp3) is 0.625. The molecule has 0 aromatic heterocycles. The summed E-state index contributed by atoms with van der Waals surface area (Å²) < 4.78 is 1.21. The van der Waals surface area contributed by atoms with Crippen LogP contribution in [0, 0.1) is 11.8 Å². The normalized spacial score (nSPS) is 25.9. The lowest BCUT2D eigenvalue weighted by Gasteiger charge is -2.30. The largest absolute Gasteiger partial charge is 0.310 e. The first-order valence-electron chi connectivity index (χ1n) is 7.16. The molecular formula is C16H24BrN. The van der Waals surface area contributed by atoms with Crippen molar-refractivity contribution >= 4 is 15.9 Å². The monoisotopic (exact) mass is 309 g/mol. The van der Waals surface area contributed by atoms with Crippen LogP contribution in [0.4, 0.5) is 0 Å². The van der Waals surface area contributed by atoms with E-state index in [2.05, 4.69) is 59.4 Å². The van der Waals surface area contributed by atoms with Gasteiger partial charge in [0.2, 0.25) is 0 Å². The number of nitrogens with one attached hydrogen (secondary N) is 1. The van der Waals surface area contributed by atoms with E-state index >= 15 is 0 Å². The Morgan fingerprint density at radius 1 is 1.28 bits per heavy atom. The van der Waals surface area contributed by atoms with Crippen LogP contribution in [-0.4, -0.2) is 6.54 Å². The topological polar surface area (TPSA) is 12.0 Å². The van der Waals surface area contributed by atoms with Gasteiger partial charge in [0.05, 0.1) is 0 Å². The molecule has 2 heteroatoms. The predicted octanol–water partition coefficient (Wildman–Crippen LogP) is 4.93. The lowest BCUT2D eigenvalue weighted by atomic mass is 9.80. The molecule has 1 aliphatic carbocycles. The smallest absolute Gasteiger partial charge is 0.0303 e. The van der Waals surface area contributed by atoms with Gasteiger partial charge in [-0.15, -0.1) is 0 Å². The zero-order chi connectivity index (χ0) is 13.0. The van der Waals surface area contributed by atoms with Gasteiger partial charge in [0, 0.05) is 10.5 Å². The lowest BCUT2D eigenvalue weighted by Crippen LogP contribution is -2.31. The summed E-state index contributed by atoms with van der Waals surface area (Å²) in [7, 11) is 0. The van der Waals surface area contributed by atoms with Gasteiger partial charge in [0.1, 0.15) is 0 Å². The van der Waals surface area contributed by atoms with Crippen molar-refractivity contribution in [3.8, 4) is 0 Å². The van der Waals surface area contributed by atoms with Crippen LogP contribution in [0.1, 0.15) is 51.1 Å². The second-order valence-corrected chi connectivity index (χ2v) is 6.53. The van der Waals surface area contributed by atoms with Gasteiger partial charge in [0.25, 0.3) is 0 Å². The number of hydrogen-bond acceptors (Lipinski definition) is 1. The Bertz CT molecular complexity index is 377. The highest BCUT2D eigenvalue weighted by Gasteiger charge is 2.21. The molecule has 1 aromatic rings. The third kappa shape index (κ3) is 3.58. The van der Waals surface area contributed by atoms with Crippen LogP contribution in [-0.2, 0) is 0 Å². The first-order valence-corrected chi connectivity index (χ1v) is 7.95. The van der Waals surface area contributed by atoms with Gasteiger partial charge >= 0.3 is 0 Å². The minimum atomic E-state index is 0.426. The molecule has 1 nitrogen and oxygen atoms in total. The molecule has 18 heavy (non-hydrogen) atoms. The maximum Gasteiger partial charge on any atom is 0.0303 e. The maximum absolute atomic E-state index is 3.71. The summed E-state index contributed by atoms with van der Waals surface area (Å²) in [4.78, 5) is 0. The average molecular weight is 310 g/mol. The van der Waals surface area contributed by atoms with E-state index in [0.29, 0.717) is 6.04 Å². The Kier molecular flexibility index (Phi) is 5.25. The number of hydrogen-bond donors (Lipinski definition) is 1. The molecule has 1 aliphatic rings. The summed E-state index contributed by atoms with van der Waals surface area (Å²) in [5.74, 6) is 1.75. The Balaban J connectivity index is 1.88. The van der Waals surface area contributed by atoms with Gasteiger partial charge in [0.15, 0.2) is 0 Å². The van der Waals surface area contributed by atoms with Gasteiger partial charge in [-0.2, -0.15) is 0 Å². The van der Waals surface area contributed by atoms with Crippen molar-refractivity contribution in [2.75, 3.05) is 6.54 Å². The summed E-state index contributed by atoms with van der Waals surface area (Å²) in [6.45, 7) is 5.83. The van der Waals surface area contributed by atoms with Gasteiger partial charge in [-0.1, -0.05) is 60.3 Å². The molecular weight excluding hydrogens is 286 g/mol. The average Bonchev–Trinajstić information content (AvgIpc) is 2.38. The lowest BCUT2D eigenvalue weighted by molar-refractivity contribution is 0.242. The summed E-state index contributed by atoms with van der Waals surface area (Å²) >= 11 is 3.63. The fourth-order valence-corrected chi connectivity index (χ4v) is 3.59. The molecule has 0 radical (unpaired) electrons.